The number of hydrogen-bond acceptors (Lipinski definition) is 8. The third kappa shape index (κ3) is 3.61. The summed E-state index contributed by atoms with van der Waals surface area (Å²) in [5.74, 6) is 1.35. The number of fused-ring (bicyclic) bond motifs is 1. The number of imidazole rings is 1. The molecule has 1 aliphatic rings. The normalized spacial score (nSPS) is 16.6. The molecule has 0 aliphatic carbocycles. The van der Waals surface area contributed by atoms with Crippen molar-refractivity contribution < 1.29 is 4.52 Å². The van der Waals surface area contributed by atoms with Crippen LogP contribution in [0.3, 0.4) is 0 Å². The Balaban J connectivity index is 1.27. The molecule has 1 aromatic carbocycles. The lowest BCUT2D eigenvalue weighted by atomic mass is 10.2. The van der Waals surface area contributed by atoms with Gasteiger partial charge in [0.25, 0.3) is 0 Å². The third-order valence-corrected chi connectivity index (χ3v) is 6.44. The molecule has 4 aromatic rings. The molecule has 0 bridgehead atoms. The maximum Gasteiger partial charge on any atom is 0.243 e. The Kier molecular flexibility index (Phi) is 4.73. The quantitative estimate of drug-likeness (QED) is 0.489. The van der Waals surface area contributed by atoms with E-state index in [1.807, 2.05) is 41.9 Å². The van der Waals surface area contributed by atoms with Crippen LogP contribution >= 0.6 is 22.9 Å². The highest BCUT2D eigenvalue weighted by atomic mass is 35.5. The summed E-state index contributed by atoms with van der Waals surface area (Å²) >= 11 is 7.59. The number of aromatic nitrogens is 5. The lowest BCUT2D eigenvalue weighted by Crippen LogP contribution is -2.47. The summed E-state index contributed by atoms with van der Waals surface area (Å²) in [6, 6.07) is 7.81. The maximum atomic E-state index is 5.97. The number of rotatable bonds is 4. The van der Waals surface area contributed by atoms with Crippen molar-refractivity contribution >= 4 is 33.0 Å². The van der Waals surface area contributed by atoms with E-state index in [4.69, 9.17) is 26.2 Å². The Bertz CT molecular complexity index is 1100. The zero-order valence-electron chi connectivity index (χ0n) is 16.1. The molecule has 4 heterocycles. The van der Waals surface area contributed by atoms with Crippen LogP contribution in [0.5, 0.6) is 0 Å². The molecule has 1 aliphatic heterocycles. The predicted molar refractivity (Wildman–Crippen MR) is 113 cm³/mol. The summed E-state index contributed by atoms with van der Waals surface area (Å²) in [5, 5.41) is 10.4. The van der Waals surface area contributed by atoms with Crippen LogP contribution < -0.4 is 4.90 Å². The second-order valence-corrected chi connectivity index (χ2v) is 8.49. The number of piperazine rings is 1. The SMILES string of the molecule is Cc1noc(C(C)N2CCN(c3nn4cc(-c5ccc(Cl)cc5)nc4s3)CC2)n1. The molecular weight excluding hydrogens is 410 g/mol. The minimum absolute atomic E-state index is 0.119. The van der Waals surface area contributed by atoms with Gasteiger partial charge in [0.15, 0.2) is 5.82 Å². The second kappa shape index (κ2) is 7.40. The van der Waals surface area contributed by atoms with Gasteiger partial charge in [0.2, 0.25) is 16.0 Å². The molecule has 1 atom stereocenters. The molecule has 0 saturated carbocycles. The number of nitrogens with zero attached hydrogens (tertiary/aromatic N) is 7. The lowest BCUT2D eigenvalue weighted by molar-refractivity contribution is 0.164. The fourth-order valence-electron chi connectivity index (χ4n) is 3.52. The Morgan fingerprint density at radius 1 is 1.10 bits per heavy atom. The van der Waals surface area contributed by atoms with Crippen molar-refractivity contribution in [2.24, 2.45) is 0 Å². The molecule has 0 amide bonds. The first-order valence-corrected chi connectivity index (χ1v) is 10.7. The summed E-state index contributed by atoms with van der Waals surface area (Å²) in [7, 11) is 0. The predicted octanol–water partition coefficient (Wildman–Crippen LogP) is 3.69. The van der Waals surface area contributed by atoms with Crippen molar-refractivity contribution in [1.29, 1.82) is 0 Å². The van der Waals surface area contributed by atoms with E-state index in [1.54, 1.807) is 11.3 Å². The minimum atomic E-state index is 0.119. The minimum Gasteiger partial charge on any atom is -0.344 e. The standard InChI is InChI=1S/C19H20ClN7OS/c1-12(17-21-13(2)24-28-17)25-7-9-26(10-8-25)19-23-27-11-16(22-18(27)29-19)14-3-5-15(20)6-4-14/h3-6,11-12H,7-10H2,1-2H3. The fraction of sp³-hybridized carbons (Fsp3) is 0.368. The van der Waals surface area contributed by atoms with Crippen LogP contribution in [-0.4, -0.2) is 55.8 Å². The monoisotopic (exact) mass is 429 g/mol. The Hall–Kier alpha value is -2.49. The van der Waals surface area contributed by atoms with Crippen LogP contribution in [-0.2, 0) is 0 Å². The summed E-state index contributed by atoms with van der Waals surface area (Å²) < 4.78 is 7.19. The molecule has 1 saturated heterocycles. The largest absolute Gasteiger partial charge is 0.344 e. The first kappa shape index (κ1) is 18.5. The molecular formula is C19H20ClN7OS. The summed E-state index contributed by atoms with van der Waals surface area (Å²) in [4.78, 5) is 14.6. The summed E-state index contributed by atoms with van der Waals surface area (Å²) in [5.41, 5.74) is 1.94. The molecule has 0 N–H and O–H groups in total. The van der Waals surface area contributed by atoms with E-state index < -0.39 is 0 Å². The third-order valence-electron chi connectivity index (χ3n) is 5.21. The van der Waals surface area contributed by atoms with Crippen molar-refractivity contribution in [2.45, 2.75) is 19.9 Å². The van der Waals surface area contributed by atoms with E-state index in [-0.39, 0.29) is 6.04 Å². The van der Waals surface area contributed by atoms with E-state index >= 15 is 0 Å². The van der Waals surface area contributed by atoms with E-state index in [9.17, 15) is 0 Å². The van der Waals surface area contributed by atoms with Crippen molar-refractivity contribution in [3.8, 4) is 11.3 Å². The average molecular weight is 430 g/mol. The fourth-order valence-corrected chi connectivity index (χ4v) is 4.58. The molecule has 0 radical (unpaired) electrons. The van der Waals surface area contributed by atoms with Crippen molar-refractivity contribution in [2.75, 3.05) is 31.1 Å². The van der Waals surface area contributed by atoms with Gasteiger partial charge in [-0.2, -0.15) is 4.98 Å². The van der Waals surface area contributed by atoms with E-state index in [0.717, 1.165) is 52.6 Å². The van der Waals surface area contributed by atoms with Crippen molar-refractivity contribution in [3.05, 3.63) is 47.2 Å². The van der Waals surface area contributed by atoms with Gasteiger partial charge in [0.1, 0.15) is 0 Å². The molecule has 29 heavy (non-hydrogen) atoms. The Morgan fingerprint density at radius 3 is 2.52 bits per heavy atom. The van der Waals surface area contributed by atoms with Crippen LogP contribution in [0, 0.1) is 6.92 Å². The first-order valence-electron chi connectivity index (χ1n) is 9.48. The first-order chi connectivity index (χ1) is 14.1. The summed E-state index contributed by atoms with van der Waals surface area (Å²) in [6.45, 7) is 7.59. The molecule has 8 nitrogen and oxygen atoms in total. The van der Waals surface area contributed by atoms with Crippen LogP contribution in [0.2, 0.25) is 5.02 Å². The van der Waals surface area contributed by atoms with Crippen molar-refractivity contribution in [1.82, 2.24) is 29.6 Å². The van der Waals surface area contributed by atoms with Gasteiger partial charge in [0.05, 0.1) is 17.9 Å². The van der Waals surface area contributed by atoms with Gasteiger partial charge in [-0.05, 0) is 26.0 Å². The highest BCUT2D eigenvalue weighted by Gasteiger charge is 2.27. The van der Waals surface area contributed by atoms with Crippen molar-refractivity contribution in [3.63, 3.8) is 0 Å². The van der Waals surface area contributed by atoms with Crippen LogP contribution in [0.15, 0.2) is 35.0 Å². The van der Waals surface area contributed by atoms with E-state index in [2.05, 4.69) is 26.9 Å². The molecule has 1 unspecified atom stereocenters. The van der Waals surface area contributed by atoms with Gasteiger partial charge in [-0.25, -0.2) is 9.50 Å². The molecule has 10 heteroatoms. The van der Waals surface area contributed by atoms with Crippen LogP contribution in [0.1, 0.15) is 24.7 Å². The molecule has 150 valence electrons. The summed E-state index contributed by atoms with van der Waals surface area (Å²) in [6.07, 6.45) is 1.97. The molecule has 0 spiro atoms. The van der Waals surface area contributed by atoms with Gasteiger partial charge < -0.3 is 9.42 Å². The smallest absolute Gasteiger partial charge is 0.243 e. The van der Waals surface area contributed by atoms with Gasteiger partial charge in [0, 0.05) is 36.8 Å². The molecule has 3 aromatic heterocycles. The number of hydrogen-bond donors (Lipinski definition) is 0. The van der Waals surface area contributed by atoms with E-state index in [1.165, 1.54) is 0 Å². The highest BCUT2D eigenvalue weighted by molar-refractivity contribution is 7.20. The Labute approximate surface area is 176 Å². The van der Waals surface area contributed by atoms with Crippen LogP contribution in [0.4, 0.5) is 5.13 Å². The zero-order valence-corrected chi connectivity index (χ0v) is 17.7. The number of aryl methyl sites for hydroxylation is 1. The maximum absolute atomic E-state index is 5.97. The zero-order chi connectivity index (χ0) is 20.0. The topological polar surface area (TPSA) is 75.6 Å². The highest BCUT2D eigenvalue weighted by Crippen LogP contribution is 2.29. The van der Waals surface area contributed by atoms with Gasteiger partial charge in [-0.1, -0.05) is 40.2 Å². The Morgan fingerprint density at radius 2 is 1.86 bits per heavy atom. The van der Waals surface area contributed by atoms with Gasteiger partial charge in [-0.15, -0.1) is 5.10 Å². The van der Waals surface area contributed by atoms with Gasteiger partial charge >= 0.3 is 0 Å². The molecule has 1 fully saturated rings. The number of halogens is 1. The number of anilines is 1. The molecule has 5 rings (SSSR count). The average Bonchev–Trinajstić information content (AvgIpc) is 3.43. The van der Waals surface area contributed by atoms with Crippen LogP contribution in [0.25, 0.3) is 16.2 Å². The number of benzene rings is 1. The van der Waals surface area contributed by atoms with E-state index in [0.29, 0.717) is 11.7 Å². The van der Waals surface area contributed by atoms with Gasteiger partial charge in [-0.3, -0.25) is 4.90 Å². The lowest BCUT2D eigenvalue weighted by Gasteiger charge is -2.36. The second-order valence-electron chi connectivity index (χ2n) is 7.12.